The molecule has 3 aromatic heterocycles. The van der Waals surface area contributed by atoms with Crippen molar-refractivity contribution in [3.63, 3.8) is 0 Å². The molecular formula is C17H21N7O. The van der Waals surface area contributed by atoms with E-state index in [0.29, 0.717) is 12.4 Å². The first-order valence-electron chi connectivity index (χ1n) is 8.39. The summed E-state index contributed by atoms with van der Waals surface area (Å²) in [7, 11) is 1.92. The Hall–Kier alpha value is -2.58. The molecule has 2 N–H and O–H groups in total. The third-order valence-electron chi connectivity index (χ3n) is 4.22. The molecule has 1 aliphatic rings. The highest BCUT2D eigenvalue weighted by molar-refractivity contribution is 5.88. The Bertz CT molecular complexity index is 886. The maximum absolute atomic E-state index is 5.75. The van der Waals surface area contributed by atoms with Crippen molar-refractivity contribution in [1.82, 2.24) is 30.0 Å². The lowest BCUT2D eigenvalue weighted by Gasteiger charge is -2.24. The Labute approximate surface area is 145 Å². The van der Waals surface area contributed by atoms with Gasteiger partial charge in [0.25, 0.3) is 0 Å². The van der Waals surface area contributed by atoms with E-state index in [1.165, 1.54) is 0 Å². The predicted octanol–water partition coefficient (Wildman–Crippen LogP) is 1.13. The van der Waals surface area contributed by atoms with Crippen molar-refractivity contribution >= 4 is 16.9 Å². The van der Waals surface area contributed by atoms with Crippen molar-refractivity contribution in [2.45, 2.75) is 13.0 Å². The maximum Gasteiger partial charge on any atom is 0.155 e. The molecule has 8 heteroatoms. The van der Waals surface area contributed by atoms with Gasteiger partial charge in [-0.15, -0.1) is 0 Å². The van der Waals surface area contributed by atoms with Gasteiger partial charge in [-0.05, 0) is 19.1 Å². The summed E-state index contributed by atoms with van der Waals surface area (Å²) in [5.41, 5.74) is 4.28. The van der Waals surface area contributed by atoms with Crippen LogP contribution in [0.3, 0.4) is 0 Å². The second-order valence-electron chi connectivity index (χ2n) is 6.15. The molecule has 3 aromatic rings. The van der Waals surface area contributed by atoms with E-state index in [9.17, 15) is 0 Å². The number of rotatable bonds is 4. The van der Waals surface area contributed by atoms with Gasteiger partial charge in [0, 0.05) is 39.1 Å². The van der Waals surface area contributed by atoms with Crippen LogP contribution in [0.2, 0.25) is 0 Å². The molecular weight excluding hydrogens is 318 g/mol. The van der Waals surface area contributed by atoms with Gasteiger partial charge in [-0.25, -0.2) is 9.97 Å². The quantitative estimate of drug-likeness (QED) is 0.736. The van der Waals surface area contributed by atoms with Gasteiger partial charge in [0.1, 0.15) is 5.52 Å². The highest BCUT2D eigenvalue weighted by Gasteiger charge is 2.16. The molecule has 4 heterocycles. The summed E-state index contributed by atoms with van der Waals surface area (Å²) in [6.45, 7) is 5.10. The number of pyridine rings is 1. The molecule has 8 nitrogen and oxygen atoms in total. The topological polar surface area (TPSA) is 89.8 Å². The number of morpholine rings is 1. The van der Waals surface area contributed by atoms with Gasteiger partial charge in [-0.1, -0.05) is 0 Å². The molecule has 1 saturated heterocycles. The van der Waals surface area contributed by atoms with Crippen LogP contribution in [0.4, 0.5) is 5.82 Å². The van der Waals surface area contributed by atoms with E-state index in [1.54, 1.807) is 12.4 Å². The van der Waals surface area contributed by atoms with Gasteiger partial charge in [0.05, 0.1) is 35.3 Å². The average Bonchev–Trinajstić information content (AvgIpc) is 2.98. The molecule has 130 valence electrons. The summed E-state index contributed by atoms with van der Waals surface area (Å²) in [5, 5.41) is 11.1. The van der Waals surface area contributed by atoms with Crippen molar-refractivity contribution in [2.75, 3.05) is 31.6 Å². The van der Waals surface area contributed by atoms with Crippen LogP contribution in [0, 0.1) is 6.92 Å². The third-order valence-corrected chi connectivity index (χ3v) is 4.22. The molecule has 1 aliphatic heterocycles. The molecule has 0 radical (unpaired) electrons. The summed E-state index contributed by atoms with van der Waals surface area (Å²) in [4.78, 5) is 13.7. The number of fused-ring (bicyclic) bond motifs is 1. The van der Waals surface area contributed by atoms with Crippen LogP contribution in [0.15, 0.2) is 24.5 Å². The SMILES string of the molecule is Cc1cc(-c2cc3nccnc3c(NCC3CNCCO3)n2)n(C)n1. The number of nitrogens with zero attached hydrogens (tertiary/aromatic N) is 5. The van der Waals surface area contributed by atoms with E-state index in [4.69, 9.17) is 9.72 Å². The first-order valence-corrected chi connectivity index (χ1v) is 8.39. The Morgan fingerprint density at radius 2 is 2.20 bits per heavy atom. The Morgan fingerprint density at radius 3 is 2.96 bits per heavy atom. The number of aromatic nitrogens is 5. The number of nitrogens with one attached hydrogen (secondary N) is 2. The minimum absolute atomic E-state index is 0.116. The van der Waals surface area contributed by atoms with E-state index in [2.05, 4.69) is 25.7 Å². The van der Waals surface area contributed by atoms with Gasteiger partial charge < -0.3 is 15.4 Å². The smallest absolute Gasteiger partial charge is 0.155 e. The van der Waals surface area contributed by atoms with E-state index in [-0.39, 0.29) is 6.10 Å². The summed E-state index contributed by atoms with van der Waals surface area (Å²) in [6, 6.07) is 3.96. The number of hydrogen-bond acceptors (Lipinski definition) is 7. The molecule has 0 spiro atoms. The largest absolute Gasteiger partial charge is 0.374 e. The van der Waals surface area contributed by atoms with E-state index in [1.807, 2.05) is 30.8 Å². The molecule has 1 fully saturated rings. The fourth-order valence-corrected chi connectivity index (χ4v) is 3.04. The Kier molecular flexibility index (Phi) is 4.29. The summed E-state index contributed by atoms with van der Waals surface area (Å²) in [5.74, 6) is 0.716. The van der Waals surface area contributed by atoms with Crippen molar-refractivity contribution < 1.29 is 4.74 Å². The first-order chi connectivity index (χ1) is 12.2. The zero-order valence-electron chi connectivity index (χ0n) is 14.4. The number of ether oxygens (including phenoxy) is 1. The molecule has 1 atom stereocenters. The molecule has 0 bridgehead atoms. The molecule has 25 heavy (non-hydrogen) atoms. The highest BCUT2D eigenvalue weighted by atomic mass is 16.5. The predicted molar refractivity (Wildman–Crippen MR) is 95.4 cm³/mol. The Morgan fingerprint density at radius 1 is 1.32 bits per heavy atom. The van der Waals surface area contributed by atoms with Gasteiger partial charge in [0.2, 0.25) is 0 Å². The average molecular weight is 339 g/mol. The molecule has 1 unspecified atom stereocenters. The lowest BCUT2D eigenvalue weighted by Crippen LogP contribution is -2.42. The number of aryl methyl sites for hydroxylation is 2. The van der Waals surface area contributed by atoms with Gasteiger partial charge in [-0.3, -0.25) is 9.67 Å². The van der Waals surface area contributed by atoms with Gasteiger partial charge >= 0.3 is 0 Å². The molecule has 0 amide bonds. The monoisotopic (exact) mass is 339 g/mol. The standard InChI is InChI=1S/C17H21N7O/c1-11-7-15(24(2)23-11)13-8-14-16(20-4-3-19-14)17(22-13)21-10-12-9-18-5-6-25-12/h3-4,7-8,12,18H,5-6,9-10H2,1-2H3,(H,21,22). The third kappa shape index (κ3) is 3.31. The van der Waals surface area contributed by atoms with E-state index >= 15 is 0 Å². The summed E-state index contributed by atoms with van der Waals surface area (Å²) < 4.78 is 7.58. The lowest BCUT2D eigenvalue weighted by molar-refractivity contribution is 0.0372. The fraction of sp³-hybridized carbons (Fsp3) is 0.412. The van der Waals surface area contributed by atoms with Crippen LogP contribution in [0.5, 0.6) is 0 Å². The number of hydrogen-bond donors (Lipinski definition) is 2. The lowest BCUT2D eigenvalue weighted by atomic mass is 10.2. The van der Waals surface area contributed by atoms with Crippen LogP contribution in [-0.4, -0.2) is 57.1 Å². The van der Waals surface area contributed by atoms with Crippen molar-refractivity contribution in [1.29, 1.82) is 0 Å². The number of anilines is 1. The van der Waals surface area contributed by atoms with Crippen molar-refractivity contribution in [3.05, 3.63) is 30.2 Å². The van der Waals surface area contributed by atoms with Gasteiger partial charge in [-0.2, -0.15) is 5.10 Å². The molecule has 0 aromatic carbocycles. The summed E-state index contributed by atoms with van der Waals surface area (Å²) in [6.07, 6.45) is 3.49. The summed E-state index contributed by atoms with van der Waals surface area (Å²) >= 11 is 0. The van der Waals surface area contributed by atoms with Crippen LogP contribution in [0.25, 0.3) is 22.4 Å². The zero-order valence-corrected chi connectivity index (χ0v) is 14.4. The van der Waals surface area contributed by atoms with Crippen LogP contribution in [0.1, 0.15) is 5.69 Å². The minimum Gasteiger partial charge on any atom is -0.374 e. The second kappa shape index (κ2) is 6.73. The first kappa shape index (κ1) is 15.9. The fourth-order valence-electron chi connectivity index (χ4n) is 3.04. The highest BCUT2D eigenvalue weighted by Crippen LogP contribution is 2.25. The van der Waals surface area contributed by atoms with E-state index < -0.39 is 0 Å². The maximum atomic E-state index is 5.75. The Balaban J connectivity index is 1.69. The van der Waals surface area contributed by atoms with Gasteiger partial charge in [0.15, 0.2) is 5.82 Å². The van der Waals surface area contributed by atoms with Crippen molar-refractivity contribution in [2.24, 2.45) is 7.05 Å². The molecule has 4 rings (SSSR count). The minimum atomic E-state index is 0.116. The van der Waals surface area contributed by atoms with Crippen LogP contribution in [-0.2, 0) is 11.8 Å². The van der Waals surface area contributed by atoms with Crippen LogP contribution < -0.4 is 10.6 Å². The molecule has 0 saturated carbocycles. The molecule has 0 aliphatic carbocycles. The normalized spacial score (nSPS) is 17.8. The van der Waals surface area contributed by atoms with Crippen LogP contribution >= 0.6 is 0 Å². The zero-order chi connectivity index (χ0) is 17.2. The second-order valence-corrected chi connectivity index (χ2v) is 6.15. The van der Waals surface area contributed by atoms with Crippen molar-refractivity contribution in [3.8, 4) is 11.4 Å². The van der Waals surface area contributed by atoms with E-state index in [0.717, 1.165) is 47.8 Å².